The van der Waals surface area contributed by atoms with E-state index in [-0.39, 0.29) is 35.6 Å². The lowest BCUT2D eigenvalue weighted by Crippen LogP contribution is -2.50. The molecule has 3 N–H and O–H groups in total. The highest BCUT2D eigenvalue weighted by atomic mass is 35.5. The van der Waals surface area contributed by atoms with Gasteiger partial charge in [-0.25, -0.2) is 4.79 Å². The van der Waals surface area contributed by atoms with Crippen LogP contribution < -0.4 is 15.4 Å². The summed E-state index contributed by atoms with van der Waals surface area (Å²) >= 11 is 6.51. The number of nitrogens with one attached hydrogen (secondary N) is 2. The van der Waals surface area contributed by atoms with Gasteiger partial charge in [0.05, 0.1) is 10.7 Å². The van der Waals surface area contributed by atoms with Gasteiger partial charge in [0.25, 0.3) is 0 Å². The van der Waals surface area contributed by atoms with E-state index in [2.05, 4.69) is 15.4 Å². The van der Waals surface area contributed by atoms with Crippen LogP contribution in [-0.4, -0.2) is 53.4 Å². The molecule has 12 heteroatoms. The molecular formula is C27H31ClF3N3O5. The summed E-state index contributed by atoms with van der Waals surface area (Å²) in [7, 11) is 0. The van der Waals surface area contributed by atoms with Crippen LogP contribution in [0.2, 0.25) is 5.02 Å². The highest BCUT2D eigenvalue weighted by molar-refractivity contribution is 6.35. The first kappa shape index (κ1) is 30.1. The highest BCUT2D eigenvalue weighted by Crippen LogP contribution is 2.45. The van der Waals surface area contributed by atoms with Gasteiger partial charge in [0.1, 0.15) is 6.04 Å². The molecule has 1 unspecified atom stereocenters. The Hall–Kier alpha value is -3.47. The Labute approximate surface area is 229 Å². The molecule has 1 aliphatic rings. The zero-order valence-electron chi connectivity index (χ0n) is 21.8. The smallest absolute Gasteiger partial charge is 0.465 e. The lowest BCUT2D eigenvalue weighted by atomic mass is 9.82. The zero-order valence-corrected chi connectivity index (χ0v) is 22.6. The summed E-state index contributed by atoms with van der Waals surface area (Å²) < 4.78 is 44.6. The Morgan fingerprint density at radius 3 is 2.41 bits per heavy atom. The number of hydrogen-bond acceptors (Lipinski definition) is 4. The number of nitrogens with zero attached hydrogens (tertiary/aromatic N) is 1. The first-order chi connectivity index (χ1) is 18.2. The van der Waals surface area contributed by atoms with Gasteiger partial charge in [-0.2, -0.15) is 0 Å². The molecule has 2 aromatic rings. The van der Waals surface area contributed by atoms with Crippen LogP contribution in [0.5, 0.6) is 5.75 Å². The average molecular weight is 570 g/mol. The van der Waals surface area contributed by atoms with Crippen LogP contribution in [0.3, 0.4) is 0 Å². The predicted molar refractivity (Wildman–Crippen MR) is 141 cm³/mol. The summed E-state index contributed by atoms with van der Waals surface area (Å²) in [6.07, 6.45) is -4.97. The van der Waals surface area contributed by atoms with E-state index >= 15 is 0 Å². The SMILES string of the molecule is CC(C)(C)c1ccccc1-c1ccc(NC(=O)C2CCCCN2C(=O)CCNC(=O)O)c(OC(F)(F)F)c1Cl. The van der Waals surface area contributed by atoms with Crippen molar-refractivity contribution in [3.8, 4) is 16.9 Å². The van der Waals surface area contributed by atoms with Crippen LogP contribution in [0.1, 0.15) is 52.0 Å². The van der Waals surface area contributed by atoms with Crippen molar-refractivity contribution in [3.63, 3.8) is 0 Å². The molecule has 39 heavy (non-hydrogen) atoms. The Kier molecular flexibility index (Phi) is 9.37. The maximum absolute atomic E-state index is 13.4. The minimum atomic E-state index is -5.09. The van der Waals surface area contributed by atoms with Gasteiger partial charge in [-0.05, 0) is 41.9 Å². The monoisotopic (exact) mass is 569 g/mol. The molecule has 0 spiro atoms. The molecule has 3 amide bonds. The van der Waals surface area contributed by atoms with E-state index in [1.54, 1.807) is 12.1 Å². The fourth-order valence-electron chi connectivity index (χ4n) is 4.59. The molecule has 1 heterocycles. The molecule has 1 fully saturated rings. The van der Waals surface area contributed by atoms with Crippen molar-refractivity contribution in [3.05, 3.63) is 47.0 Å². The number of alkyl halides is 3. The van der Waals surface area contributed by atoms with E-state index in [9.17, 15) is 27.6 Å². The molecule has 8 nitrogen and oxygen atoms in total. The van der Waals surface area contributed by atoms with Gasteiger partial charge in [-0.1, -0.05) is 62.7 Å². The van der Waals surface area contributed by atoms with Gasteiger partial charge in [0.15, 0.2) is 5.75 Å². The second-order valence-corrected chi connectivity index (χ2v) is 10.6. The predicted octanol–water partition coefficient (Wildman–Crippen LogP) is 6.18. The summed E-state index contributed by atoms with van der Waals surface area (Å²) in [4.78, 5) is 37.9. The molecule has 3 rings (SSSR count). The van der Waals surface area contributed by atoms with Gasteiger partial charge >= 0.3 is 12.5 Å². The third kappa shape index (κ3) is 7.78. The summed E-state index contributed by atoms with van der Waals surface area (Å²) in [6.45, 7) is 6.04. The van der Waals surface area contributed by atoms with E-state index < -0.39 is 36.1 Å². The zero-order chi connectivity index (χ0) is 29.0. The van der Waals surface area contributed by atoms with E-state index in [1.165, 1.54) is 17.0 Å². The van der Waals surface area contributed by atoms with Crippen LogP contribution in [0.25, 0.3) is 11.1 Å². The van der Waals surface area contributed by atoms with Crippen molar-refractivity contribution in [1.82, 2.24) is 10.2 Å². The topological polar surface area (TPSA) is 108 Å². The van der Waals surface area contributed by atoms with Gasteiger partial charge in [-0.15, -0.1) is 13.2 Å². The Balaban J connectivity index is 1.95. The minimum Gasteiger partial charge on any atom is -0.465 e. The number of ether oxygens (including phenoxy) is 1. The maximum Gasteiger partial charge on any atom is 0.573 e. The largest absolute Gasteiger partial charge is 0.573 e. The molecule has 2 aromatic carbocycles. The maximum atomic E-state index is 13.4. The van der Waals surface area contributed by atoms with Crippen LogP contribution >= 0.6 is 11.6 Å². The summed E-state index contributed by atoms with van der Waals surface area (Å²) in [5.74, 6) is -1.89. The average Bonchev–Trinajstić information content (AvgIpc) is 2.85. The van der Waals surface area contributed by atoms with E-state index in [1.807, 2.05) is 32.9 Å². The van der Waals surface area contributed by atoms with Crippen molar-refractivity contribution < 1.29 is 37.4 Å². The second kappa shape index (κ2) is 12.1. The summed E-state index contributed by atoms with van der Waals surface area (Å²) in [5.41, 5.74) is 1.16. The second-order valence-electron chi connectivity index (χ2n) is 10.2. The Bertz CT molecular complexity index is 1230. The van der Waals surface area contributed by atoms with Gasteiger partial charge in [0.2, 0.25) is 11.8 Å². The quantitative estimate of drug-likeness (QED) is 0.369. The fourth-order valence-corrected chi connectivity index (χ4v) is 4.89. The molecule has 0 saturated carbocycles. The van der Waals surface area contributed by atoms with E-state index in [0.717, 1.165) is 5.56 Å². The number of carboxylic acid groups (broad SMARTS) is 1. The van der Waals surface area contributed by atoms with Crippen molar-refractivity contribution >= 4 is 35.2 Å². The molecule has 212 valence electrons. The number of piperidine rings is 1. The molecule has 0 bridgehead atoms. The number of hydrogen-bond donors (Lipinski definition) is 3. The Morgan fingerprint density at radius 2 is 1.77 bits per heavy atom. The van der Waals surface area contributed by atoms with Crippen molar-refractivity contribution in [2.24, 2.45) is 0 Å². The third-order valence-electron chi connectivity index (χ3n) is 6.34. The van der Waals surface area contributed by atoms with E-state index in [4.69, 9.17) is 16.7 Å². The Morgan fingerprint density at radius 1 is 1.08 bits per heavy atom. The van der Waals surface area contributed by atoms with Crippen LogP contribution in [-0.2, 0) is 15.0 Å². The standard InChI is InChI=1S/C27H31ClF3N3O5/c1-26(2,3)18-9-5-4-8-16(18)17-11-12-19(23(22(17)28)39-27(29,30)31)33-24(36)20-10-6-7-15-34(20)21(35)13-14-32-25(37)38/h4-5,8-9,11-12,20,32H,6-7,10,13-15H2,1-3H3,(H,33,36)(H,37,38). The molecule has 1 aliphatic heterocycles. The molecule has 0 aromatic heterocycles. The first-order valence-corrected chi connectivity index (χ1v) is 12.8. The van der Waals surface area contributed by atoms with Crippen LogP contribution in [0.4, 0.5) is 23.7 Å². The van der Waals surface area contributed by atoms with Crippen molar-refractivity contribution in [2.45, 2.75) is 64.3 Å². The molecule has 0 aliphatic carbocycles. The number of halogens is 4. The molecule has 0 radical (unpaired) electrons. The van der Waals surface area contributed by atoms with Gasteiger partial charge in [0, 0.05) is 25.1 Å². The number of benzene rings is 2. The lowest BCUT2D eigenvalue weighted by molar-refractivity contribution is -0.274. The lowest BCUT2D eigenvalue weighted by Gasteiger charge is -2.35. The van der Waals surface area contributed by atoms with E-state index in [0.29, 0.717) is 30.4 Å². The number of carbonyl (C=O) groups excluding carboxylic acids is 2. The summed E-state index contributed by atoms with van der Waals surface area (Å²) in [6, 6.07) is 9.07. The number of amides is 3. The first-order valence-electron chi connectivity index (χ1n) is 12.4. The van der Waals surface area contributed by atoms with Gasteiger partial charge < -0.3 is 25.4 Å². The number of rotatable bonds is 7. The van der Waals surface area contributed by atoms with Crippen molar-refractivity contribution in [1.29, 1.82) is 0 Å². The molecular weight excluding hydrogens is 539 g/mol. The number of likely N-dealkylation sites (tertiary alicyclic amines) is 1. The number of carbonyl (C=O) groups is 3. The van der Waals surface area contributed by atoms with Crippen LogP contribution in [0.15, 0.2) is 36.4 Å². The summed E-state index contributed by atoms with van der Waals surface area (Å²) in [5, 5.41) is 13.0. The number of anilines is 1. The normalized spacial score (nSPS) is 16.0. The minimum absolute atomic E-state index is 0.129. The molecule has 1 saturated heterocycles. The third-order valence-corrected chi connectivity index (χ3v) is 6.71. The highest BCUT2D eigenvalue weighted by Gasteiger charge is 2.36. The van der Waals surface area contributed by atoms with Crippen molar-refractivity contribution in [2.75, 3.05) is 18.4 Å². The van der Waals surface area contributed by atoms with Crippen LogP contribution in [0, 0.1) is 0 Å². The van der Waals surface area contributed by atoms with Gasteiger partial charge in [-0.3, -0.25) is 9.59 Å². The fraction of sp³-hybridized carbons (Fsp3) is 0.444. The molecule has 1 atom stereocenters.